The van der Waals surface area contributed by atoms with Crippen LogP contribution in [0.1, 0.15) is 25.1 Å². The molecule has 1 amide bonds. The summed E-state index contributed by atoms with van der Waals surface area (Å²) in [4.78, 5) is 16.6. The molecule has 0 spiro atoms. The maximum Gasteiger partial charge on any atom is 0.249 e. The fourth-order valence-corrected chi connectivity index (χ4v) is 2.58. The van der Waals surface area contributed by atoms with E-state index in [0.717, 1.165) is 36.1 Å². The van der Waals surface area contributed by atoms with Crippen molar-refractivity contribution in [3.63, 3.8) is 0 Å². The molecule has 0 saturated carbocycles. The van der Waals surface area contributed by atoms with Crippen LogP contribution in [0.3, 0.4) is 0 Å². The van der Waals surface area contributed by atoms with Crippen molar-refractivity contribution in [2.24, 2.45) is 7.05 Å². The summed E-state index contributed by atoms with van der Waals surface area (Å²) in [6.07, 6.45) is 2.63. The largest absolute Gasteiger partial charge is 0.368 e. The van der Waals surface area contributed by atoms with Gasteiger partial charge in [-0.3, -0.25) is 4.79 Å². The van der Waals surface area contributed by atoms with Crippen molar-refractivity contribution < 1.29 is 9.53 Å². The van der Waals surface area contributed by atoms with E-state index in [1.165, 1.54) is 0 Å². The van der Waals surface area contributed by atoms with E-state index in [2.05, 4.69) is 10.3 Å². The second kappa shape index (κ2) is 5.63. The van der Waals surface area contributed by atoms with Crippen LogP contribution < -0.4 is 5.32 Å². The molecule has 5 heteroatoms. The SMILES string of the molecule is Cn1c(CNC(=O)[C@@H]2CCCCO2)nc2ccccc21. The Morgan fingerprint density at radius 3 is 3.05 bits per heavy atom. The highest BCUT2D eigenvalue weighted by Crippen LogP contribution is 2.15. The highest BCUT2D eigenvalue weighted by molar-refractivity contribution is 5.81. The van der Waals surface area contributed by atoms with Crippen molar-refractivity contribution in [2.75, 3.05) is 6.61 Å². The Labute approximate surface area is 117 Å². The molecule has 0 radical (unpaired) electrons. The van der Waals surface area contributed by atoms with Crippen LogP contribution in [0.2, 0.25) is 0 Å². The van der Waals surface area contributed by atoms with Crippen LogP contribution in [0.25, 0.3) is 11.0 Å². The fraction of sp³-hybridized carbons (Fsp3) is 0.467. The Kier molecular flexibility index (Phi) is 3.69. The second-order valence-corrected chi connectivity index (χ2v) is 5.15. The summed E-state index contributed by atoms with van der Waals surface area (Å²) in [6, 6.07) is 7.96. The first-order valence-corrected chi connectivity index (χ1v) is 7.05. The van der Waals surface area contributed by atoms with Gasteiger partial charge in [0.15, 0.2) is 0 Å². The van der Waals surface area contributed by atoms with E-state index in [0.29, 0.717) is 13.2 Å². The Hall–Kier alpha value is -1.88. The third-order valence-corrected chi connectivity index (χ3v) is 3.77. The number of amides is 1. The van der Waals surface area contributed by atoms with Crippen molar-refractivity contribution in [1.82, 2.24) is 14.9 Å². The molecule has 1 fully saturated rings. The Balaban J connectivity index is 1.67. The summed E-state index contributed by atoms with van der Waals surface area (Å²) >= 11 is 0. The van der Waals surface area contributed by atoms with Gasteiger partial charge in [0.05, 0.1) is 17.6 Å². The number of ether oxygens (including phenoxy) is 1. The molecular formula is C15H19N3O2. The van der Waals surface area contributed by atoms with Crippen LogP contribution >= 0.6 is 0 Å². The lowest BCUT2D eigenvalue weighted by Gasteiger charge is -2.21. The number of para-hydroxylation sites is 2. The van der Waals surface area contributed by atoms with Gasteiger partial charge in [-0.25, -0.2) is 4.98 Å². The molecule has 20 heavy (non-hydrogen) atoms. The number of benzene rings is 1. The number of aryl methyl sites for hydroxylation is 1. The molecule has 2 heterocycles. The number of nitrogens with zero attached hydrogens (tertiary/aromatic N) is 2. The number of aromatic nitrogens is 2. The molecule has 2 aromatic rings. The zero-order valence-electron chi connectivity index (χ0n) is 11.6. The molecule has 1 aliphatic rings. The Morgan fingerprint density at radius 1 is 1.45 bits per heavy atom. The van der Waals surface area contributed by atoms with Gasteiger partial charge in [0.2, 0.25) is 5.91 Å². The van der Waals surface area contributed by atoms with Gasteiger partial charge in [-0.1, -0.05) is 12.1 Å². The van der Waals surface area contributed by atoms with Gasteiger partial charge in [0.25, 0.3) is 0 Å². The summed E-state index contributed by atoms with van der Waals surface area (Å²) in [7, 11) is 1.97. The molecule has 1 aromatic carbocycles. The first kappa shape index (κ1) is 13.1. The molecule has 1 aromatic heterocycles. The molecule has 5 nitrogen and oxygen atoms in total. The third-order valence-electron chi connectivity index (χ3n) is 3.77. The Bertz CT molecular complexity index is 615. The van der Waals surface area contributed by atoms with Crippen molar-refractivity contribution in [3.05, 3.63) is 30.1 Å². The average Bonchev–Trinajstić information content (AvgIpc) is 2.83. The van der Waals surface area contributed by atoms with E-state index in [4.69, 9.17) is 4.74 Å². The maximum absolute atomic E-state index is 12.0. The van der Waals surface area contributed by atoms with Crippen molar-refractivity contribution in [1.29, 1.82) is 0 Å². The summed E-state index contributed by atoms with van der Waals surface area (Å²) in [5, 5.41) is 2.92. The smallest absolute Gasteiger partial charge is 0.249 e. The van der Waals surface area contributed by atoms with E-state index in [-0.39, 0.29) is 12.0 Å². The van der Waals surface area contributed by atoms with Gasteiger partial charge in [-0.2, -0.15) is 0 Å². The van der Waals surface area contributed by atoms with Gasteiger partial charge in [0, 0.05) is 13.7 Å². The number of carbonyl (C=O) groups excluding carboxylic acids is 1. The molecule has 0 unspecified atom stereocenters. The summed E-state index contributed by atoms with van der Waals surface area (Å²) < 4.78 is 7.49. The van der Waals surface area contributed by atoms with E-state index in [1.807, 2.05) is 35.9 Å². The molecule has 0 bridgehead atoms. The lowest BCUT2D eigenvalue weighted by molar-refractivity contribution is -0.135. The summed E-state index contributed by atoms with van der Waals surface area (Å²) in [5.74, 6) is 0.826. The number of imidazole rings is 1. The number of nitrogens with one attached hydrogen (secondary N) is 1. The lowest BCUT2D eigenvalue weighted by atomic mass is 10.1. The predicted octanol–water partition coefficient (Wildman–Crippen LogP) is 1.76. The van der Waals surface area contributed by atoms with Crippen LogP contribution in [0.4, 0.5) is 0 Å². The molecule has 1 N–H and O–H groups in total. The normalized spacial score (nSPS) is 19.1. The van der Waals surface area contributed by atoms with Gasteiger partial charge < -0.3 is 14.6 Å². The van der Waals surface area contributed by atoms with Gasteiger partial charge in [0.1, 0.15) is 11.9 Å². The average molecular weight is 273 g/mol. The maximum atomic E-state index is 12.0. The summed E-state index contributed by atoms with van der Waals surface area (Å²) in [5.41, 5.74) is 2.03. The topological polar surface area (TPSA) is 56.2 Å². The molecule has 106 valence electrons. The highest BCUT2D eigenvalue weighted by atomic mass is 16.5. The van der Waals surface area contributed by atoms with Gasteiger partial charge in [-0.05, 0) is 31.4 Å². The van der Waals surface area contributed by atoms with E-state index in [9.17, 15) is 4.79 Å². The molecular weight excluding hydrogens is 254 g/mol. The highest BCUT2D eigenvalue weighted by Gasteiger charge is 2.21. The van der Waals surface area contributed by atoms with Crippen molar-refractivity contribution in [2.45, 2.75) is 31.9 Å². The molecule has 3 rings (SSSR count). The number of fused-ring (bicyclic) bond motifs is 1. The molecule has 1 saturated heterocycles. The van der Waals surface area contributed by atoms with Crippen LogP contribution in [-0.2, 0) is 23.1 Å². The quantitative estimate of drug-likeness (QED) is 0.927. The number of hydrogen-bond acceptors (Lipinski definition) is 3. The van der Waals surface area contributed by atoms with Crippen LogP contribution in [0, 0.1) is 0 Å². The van der Waals surface area contributed by atoms with E-state index < -0.39 is 0 Å². The number of hydrogen-bond donors (Lipinski definition) is 1. The monoisotopic (exact) mass is 273 g/mol. The Morgan fingerprint density at radius 2 is 2.30 bits per heavy atom. The minimum Gasteiger partial charge on any atom is -0.368 e. The van der Waals surface area contributed by atoms with Crippen molar-refractivity contribution in [3.8, 4) is 0 Å². The van der Waals surface area contributed by atoms with Crippen LogP contribution in [-0.4, -0.2) is 28.2 Å². The number of rotatable bonds is 3. The van der Waals surface area contributed by atoms with Crippen LogP contribution in [0.15, 0.2) is 24.3 Å². The first-order valence-electron chi connectivity index (χ1n) is 7.05. The fourth-order valence-electron chi connectivity index (χ4n) is 2.58. The second-order valence-electron chi connectivity index (χ2n) is 5.15. The molecule has 1 atom stereocenters. The predicted molar refractivity (Wildman–Crippen MR) is 76.2 cm³/mol. The molecule has 1 aliphatic heterocycles. The van der Waals surface area contributed by atoms with Gasteiger partial charge >= 0.3 is 0 Å². The zero-order chi connectivity index (χ0) is 13.9. The van der Waals surface area contributed by atoms with Gasteiger partial charge in [-0.15, -0.1) is 0 Å². The lowest BCUT2D eigenvalue weighted by Crippen LogP contribution is -2.38. The van der Waals surface area contributed by atoms with E-state index >= 15 is 0 Å². The molecule has 0 aliphatic carbocycles. The first-order chi connectivity index (χ1) is 9.75. The van der Waals surface area contributed by atoms with Crippen LogP contribution in [0.5, 0.6) is 0 Å². The summed E-state index contributed by atoms with van der Waals surface area (Å²) in [6.45, 7) is 1.12. The third kappa shape index (κ3) is 2.54. The standard InChI is InChI=1S/C15H19N3O2/c1-18-12-7-3-2-6-11(12)17-14(18)10-16-15(19)13-8-4-5-9-20-13/h2-3,6-7,13H,4-5,8-10H2,1H3,(H,16,19)/t13-/m0/s1. The van der Waals surface area contributed by atoms with E-state index in [1.54, 1.807) is 0 Å². The minimum atomic E-state index is -0.293. The van der Waals surface area contributed by atoms with Crippen molar-refractivity contribution >= 4 is 16.9 Å². The minimum absolute atomic E-state index is 0.0308. The zero-order valence-corrected chi connectivity index (χ0v) is 11.6. The number of carbonyl (C=O) groups is 1.